The molecule has 1 amide bonds. The van der Waals surface area contributed by atoms with Gasteiger partial charge in [-0.25, -0.2) is 4.39 Å². The van der Waals surface area contributed by atoms with Crippen molar-refractivity contribution >= 4 is 22.6 Å². The van der Waals surface area contributed by atoms with E-state index in [1.165, 1.54) is 22.9 Å². The van der Waals surface area contributed by atoms with Gasteiger partial charge in [0.2, 0.25) is 0 Å². The maximum Gasteiger partial charge on any atom is 0.291 e. The van der Waals surface area contributed by atoms with Crippen molar-refractivity contribution in [2.24, 2.45) is 0 Å². The number of nitrogens with zero attached hydrogens (tertiary/aromatic N) is 4. The van der Waals surface area contributed by atoms with Crippen molar-refractivity contribution in [2.45, 2.75) is 27.7 Å². The predicted molar refractivity (Wildman–Crippen MR) is 102 cm³/mol. The van der Waals surface area contributed by atoms with E-state index in [4.69, 9.17) is 4.42 Å². The van der Waals surface area contributed by atoms with Crippen molar-refractivity contribution in [2.75, 3.05) is 5.32 Å². The molecule has 0 atom stereocenters. The maximum atomic E-state index is 14.2. The van der Waals surface area contributed by atoms with Gasteiger partial charge in [0.25, 0.3) is 5.91 Å². The third-order valence-corrected chi connectivity index (χ3v) is 4.75. The second kappa shape index (κ2) is 6.56. The highest BCUT2D eigenvalue weighted by atomic mass is 19.1. The minimum atomic E-state index is -0.500. The van der Waals surface area contributed by atoms with Crippen LogP contribution < -0.4 is 5.32 Å². The van der Waals surface area contributed by atoms with Gasteiger partial charge < -0.3 is 9.73 Å². The Labute approximate surface area is 160 Å². The van der Waals surface area contributed by atoms with E-state index in [0.717, 1.165) is 22.1 Å². The van der Waals surface area contributed by atoms with Crippen molar-refractivity contribution in [1.29, 1.82) is 0 Å². The van der Waals surface area contributed by atoms with Gasteiger partial charge in [0, 0.05) is 16.6 Å². The van der Waals surface area contributed by atoms with Gasteiger partial charge in [0.1, 0.15) is 17.1 Å². The van der Waals surface area contributed by atoms with Gasteiger partial charge in [0.05, 0.1) is 0 Å². The van der Waals surface area contributed by atoms with Crippen LogP contribution in [0.5, 0.6) is 0 Å². The fourth-order valence-corrected chi connectivity index (χ4v) is 3.29. The smallest absolute Gasteiger partial charge is 0.291 e. The zero-order chi connectivity index (χ0) is 20.0. The van der Waals surface area contributed by atoms with E-state index in [1.54, 1.807) is 6.92 Å². The van der Waals surface area contributed by atoms with E-state index in [-0.39, 0.29) is 11.4 Å². The van der Waals surface area contributed by atoms with E-state index >= 15 is 0 Å². The summed E-state index contributed by atoms with van der Waals surface area (Å²) in [5, 5.41) is 14.8. The summed E-state index contributed by atoms with van der Waals surface area (Å²) in [4.78, 5) is 12.8. The molecular weight excluding hydrogens is 361 g/mol. The summed E-state index contributed by atoms with van der Waals surface area (Å²) in [7, 11) is 0. The number of amides is 1. The molecule has 4 aromatic rings. The minimum Gasteiger partial charge on any atom is -0.450 e. The Morgan fingerprint density at radius 2 is 1.86 bits per heavy atom. The van der Waals surface area contributed by atoms with Gasteiger partial charge in [0.15, 0.2) is 11.6 Å². The largest absolute Gasteiger partial charge is 0.450 e. The van der Waals surface area contributed by atoms with E-state index in [2.05, 4.69) is 20.8 Å². The predicted octanol–water partition coefficient (Wildman–Crippen LogP) is 4.03. The summed E-state index contributed by atoms with van der Waals surface area (Å²) in [6.07, 6.45) is 0. The zero-order valence-electron chi connectivity index (χ0n) is 15.9. The highest BCUT2D eigenvalue weighted by Crippen LogP contribution is 2.31. The standard InChI is InChI=1S/C20H18FN5O2/c1-10-5-6-11(2)18-17(10)12(3)19(28-18)20(27)22-14-7-8-15(21)16(9-14)26-13(4)23-24-25-26/h5-9H,1-4H3,(H,22,27). The Morgan fingerprint density at radius 3 is 2.54 bits per heavy atom. The molecule has 0 saturated heterocycles. The van der Waals surface area contributed by atoms with Gasteiger partial charge in [-0.3, -0.25) is 4.79 Å². The van der Waals surface area contributed by atoms with Crippen LogP contribution in [0.1, 0.15) is 33.1 Å². The lowest BCUT2D eigenvalue weighted by Gasteiger charge is -2.08. The normalized spacial score (nSPS) is 11.2. The van der Waals surface area contributed by atoms with Crippen molar-refractivity contribution in [1.82, 2.24) is 20.2 Å². The van der Waals surface area contributed by atoms with Crippen LogP contribution in [0.25, 0.3) is 16.7 Å². The number of tetrazole rings is 1. The molecule has 0 aliphatic heterocycles. The molecule has 1 N–H and O–H groups in total. The van der Waals surface area contributed by atoms with E-state index < -0.39 is 11.7 Å². The van der Waals surface area contributed by atoms with Crippen molar-refractivity contribution in [3.05, 3.63) is 64.4 Å². The number of anilines is 1. The van der Waals surface area contributed by atoms with Crippen molar-refractivity contribution in [3.63, 3.8) is 0 Å². The molecule has 0 aliphatic rings. The van der Waals surface area contributed by atoms with Gasteiger partial charge in [-0.2, -0.15) is 4.68 Å². The number of aromatic nitrogens is 4. The first-order valence-electron chi connectivity index (χ1n) is 8.72. The molecular formula is C20H18FN5O2. The quantitative estimate of drug-likeness (QED) is 0.581. The molecule has 0 fully saturated rings. The number of rotatable bonds is 3. The topological polar surface area (TPSA) is 85.8 Å². The Hall–Kier alpha value is -3.55. The van der Waals surface area contributed by atoms with Crippen LogP contribution >= 0.6 is 0 Å². The SMILES string of the molecule is Cc1ccc(C)c2c(C)c(C(=O)Nc3ccc(F)c(-n4nnnc4C)c3)oc12. The second-order valence-corrected chi connectivity index (χ2v) is 6.72. The number of hydrogen-bond acceptors (Lipinski definition) is 5. The molecule has 0 spiro atoms. The number of hydrogen-bond donors (Lipinski definition) is 1. The summed E-state index contributed by atoms with van der Waals surface area (Å²) < 4.78 is 21.4. The average Bonchev–Trinajstić information content (AvgIpc) is 3.24. The number of fused-ring (bicyclic) bond motifs is 1. The Balaban J connectivity index is 1.71. The van der Waals surface area contributed by atoms with Crippen LogP contribution in [0.15, 0.2) is 34.7 Å². The lowest BCUT2D eigenvalue weighted by Crippen LogP contribution is -2.13. The molecule has 28 heavy (non-hydrogen) atoms. The van der Waals surface area contributed by atoms with Crippen LogP contribution in [0.4, 0.5) is 10.1 Å². The molecule has 0 saturated carbocycles. The molecule has 2 aromatic heterocycles. The number of carbonyl (C=O) groups is 1. The molecule has 142 valence electrons. The Bertz CT molecular complexity index is 1230. The third-order valence-electron chi connectivity index (χ3n) is 4.75. The molecule has 7 nitrogen and oxygen atoms in total. The first kappa shape index (κ1) is 17.8. The number of furan rings is 1. The summed E-state index contributed by atoms with van der Waals surface area (Å²) in [5.74, 6) is -0.239. The molecule has 8 heteroatoms. The third kappa shape index (κ3) is 2.83. The molecule has 2 heterocycles. The molecule has 4 rings (SSSR count). The molecule has 2 aromatic carbocycles. The molecule has 0 bridgehead atoms. The monoisotopic (exact) mass is 379 g/mol. The van der Waals surface area contributed by atoms with Gasteiger partial charge in [-0.05, 0) is 67.4 Å². The van der Waals surface area contributed by atoms with Crippen molar-refractivity contribution < 1.29 is 13.6 Å². The van der Waals surface area contributed by atoms with E-state index in [9.17, 15) is 9.18 Å². The van der Waals surface area contributed by atoms with Gasteiger partial charge >= 0.3 is 0 Å². The Morgan fingerprint density at radius 1 is 1.11 bits per heavy atom. The molecule has 0 aliphatic carbocycles. The average molecular weight is 379 g/mol. The van der Waals surface area contributed by atoms with Crippen molar-refractivity contribution in [3.8, 4) is 5.69 Å². The maximum absolute atomic E-state index is 14.2. The van der Waals surface area contributed by atoms with Gasteiger partial charge in [-0.1, -0.05) is 12.1 Å². The highest BCUT2D eigenvalue weighted by Gasteiger charge is 2.21. The summed E-state index contributed by atoms with van der Waals surface area (Å²) in [6.45, 7) is 7.43. The van der Waals surface area contributed by atoms with Crippen LogP contribution in [0.3, 0.4) is 0 Å². The summed E-state index contributed by atoms with van der Waals surface area (Å²) >= 11 is 0. The second-order valence-electron chi connectivity index (χ2n) is 6.72. The van der Waals surface area contributed by atoms with Gasteiger partial charge in [-0.15, -0.1) is 5.10 Å². The molecule has 0 radical (unpaired) electrons. The number of carbonyl (C=O) groups excluding carboxylic acids is 1. The number of aryl methyl sites for hydroxylation is 4. The fourth-order valence-electron chi connectivity index (χ4n) is 3.29. The zero-order valence-corrected chi connectivity index (χ0v) is 15.9. The van der Waals surface area contributed by atoms with Crippen LogP contribution in [-0.2, 0) is 0 Å². The fraction of sp³-hybridized carbons (Fsp3) is 0.200. The Kier molecular flexibility index (Phi) is 4.18. The van der Waals surface area contributed by atoms with E-state index in [1.807, 2.05) is 32.9 Å². The minimum absolute atomic E-state index is 0.147. The van der Waals surface area contributed by atoms with Crippen LogP contribution in [0.2, 0.25) is 0 Å². The lowest BCUT2D eigenvalue weighted by molar-refractivity contribution is 0.0998. The molecule has 0 unspecified atom stereocenters. The first-order chi connectivity index (χ1) is 13.4. The number of benzene rings is 2. The van der Waals surface area contributed by atoms with E-state index in [0.29, 0.717) is 17.1 Å². The summed E-state index contributed by atoms with van der Waals surface area (Å²) in [6, 6.07) is 8.17. The van der Waals surface area contributed by atoms with Crippen LogP contribution in [-0.4, -0.2) is 26.1 Å². The lowest BCUT2D eigenvalue weighted by atomic mass is 10.0. The number of nitrogens with one attached hydrogen (secondary N) is 1. The summed E-state index contributed by atoms with van der Waals surface area (Å²) in [5.41, 5.74) is 4.03. The number of halogens is 1. The highest BCUT2D eigenvalue weighted by molar-refractivity contribution is 6.07. The first-order valence-corrected chi connectivity index (χ1v) is 8.72. The van der Waals surface area contributed by atoms with Crippen LogP contribution in [0, 0.1) is 33.5 Å².